The highest BCUT2D eigenvalue weighted by molar-refractivity contribution is 7.71. The van der Waals surface area contributed by atoms with E-state index in [2.05, 4.69) is 16.8 Å². The molecule has 0 radical (unpaired) electrons. The van der Waals surface area contributed by atoms with Gasteiger partial charge in [0.1, 0.15) is 0 Å². The molecule has 3 heterocycles. The number of hydrogen-bond acceptors (Lipinski definition) is 5. The minimum atomic E-state index is 0.409. The van der Waals surface area contributed by atoms with Gasteiger partial charge in [-0.3, -0.25) is 9.67 Å². The van der Waals surface area contributed by atoms with Crippen molar-refractivity contribution in [1.29, 1.82) is 0 Å². The van der Waals surface area contributed by atoms with Crippen molar-refractivity contribution in [1.82, 2.24) is 19.7 Å². The molecule has 0 atom stereocenters. The highest BCUT2D eigenvalue weighted by Gasteiger charge is 2.23. The van der Waals surface area contributed by atoms with Crippen molar-refractivity contribution in [2.24, 2.45) is 0 Å². The molecule has 32 heavy (non-hydrogen) atoms. The minimum Gasteiger partial charge on any atom is -0.432 e. The van der Waals surface area contributed by atoms with Gasteiger partial charge in [-0.1, -0.05) is 60.1 Å². The summed E-state index contributed by atoms with van der Waals surface area (Å²) in [7, 11) is 0. The number of nitrogens with one attached hydrogen (secondary N) is 1. The van der Waals surface area contributed by atoms with Gasteiger partial charge in [0, 0.05) is 17.1 Å². The van der Waals surface area contributed by atoms with Crippen molar-refractivity contribution < 1.29 is 4.42 Å². The first-order chi connectivity index (χ1) is 15.6. The minimum absolute atomic E-state index is 0.409. The summed E-state index contributed by atoms with van der Waals surface area (Å²) in [6, 6.07) is 19.5. The first kappa shape index (κ1) is 20.2. The van der Waals surface area contributed by atoms with Gasteiger partial charge in [-0.2, -0.15) is 5.10 Å². The van der Waals surface area contributed by atoms with Crippen LogP contribution in [0.2, 0.25) is 5.02 Å². The molecule has 2 aromatic carbocycles. The number of nitrogens with zero attached hydrogens (tertiary/aromatic N) is 3. The summed E-state index contributed by atoms with van der Waals surface area (Å²) < 4.78 is 8.42. The van der Waals surface area contributed by atoms with E-state index in [0.29, 0.717) is 39.3 Å². The average molecular weight is 460 g/mol. The maximum Gasteiger partial charge on any atom is 0.230 e. The Hall–Kier alpha value is -3.68. The summed E-state index contributed by atoms with van der Waals surface area (Å²) in [6.45, 7) is 4.26. The van der Waals surface area contributed by atoms with Crippen LogP contribution in [0.15, 0.2) is 77.7 Å². The molecule has 3 N–H and O–H groups in total. The van der Waals surface area contributed by atoms with E-state index < -0.39 is 0 Å². The number of fused-ring (bicyclic) bond motifs is 1. The number of furan rings is 1. The number of halogens is 1. The van der Waals surface area contributed by atoms with E-state index >= 15 is 0 Å². The molecule has 5 rings (SSSR count). The Kier molecular flexibility index (Phi) is 5.13. The first-order valence-electron chi connectivity index (χ1n) is 9.87. The van der Waals surface area contributed by atoms with E-state index in [1.165, 1.54) is 0 Å². The van der Waals surface area contributed by atoms with Gasteiger partial charge in [-0.15, -0.1) is 6.58 Å². The summed E-state index contributed by atoms with van der Waals surface area (Å²) in [5, 5.41) is 8.52. The number of aromatic amines is 1. The van der Waals surface area contributed by atoms with Crippen LogP contribution >= 0.6 is 23.8 Å². The number of aromatic nitrogens is 4. The Morgan fingerprint density at radius 3 is 2.59 bits per heavy atom. The average Bonchev–Trinajstić information content (AvgIpc) is 3.34. The molecule has 6 nitrogen and oxygen atoms in total. The number of H-pyrrole nitrogens is 1. The van der Waals surface area contributed by atoms with Gasteiger partial charge in [0.25, 0.3) is 0 Å². The van der Waals surface area contributed by atoms with Crippen molar-refractivity contribution in [2.45, 2.75) is 6.54 Å². The molecule has 0 aliphatic heterocycles. The second-order valence-electron chi connectivity index (χ2n) is 7.20. The second-order valence-corrected chi connectivity index (χ2v) is 8.03. The monoisotopic (exact) mass is 459 g/mol. The largest absolute Gasteiger partial charge is 0.432 e. The molecule has 0 bridgehead atoms. The second kappa shape index (κ2) is 8.11. The van der Waals surface area contributed by atoms with E-state index in [4.69, 9.17) is 39.0 Å². The van der Waals surface area contributed by atoms with Gasteiger partial charge >= 0.3 is 0 Å². The van der Waals surface area contributed by atoms with Crippen LogP contribution in [0.3, 0.4) is 0 Å². The summed E-state index contributed by atoms with van der Waals surface area (Å²) in [4.78, 5) is 4.77. The first-order valence-corrected chi connectivity index (χ1v) is 10.7. The predicted molar refractivity (Wildman–Crippen MR) is 131 cm³/mol. The van der Waals surface area contributed by atoms with Crippen molar-refractivity contribution in [2.75, 3.05) is 5.73 Å². The zero-order valence-corrected chi connectivity index (χ0v) is 18.5. The predicted octanol–water partition coefficient (Wildman–Crippen LogP) is 6.50. The van der Waals surface area contributed by atoms with Crippen molar-refractivity contribution >= 4 is 40.6 Å². The van der Waals surface area contributed by atoms with Crippen LogP contribution in [-0.4, -0.2) is 19.7 Å². The van der Waals surface area contributed by atoms with Gasteiger partial charge < -0.3 is 10.2 Å². The van der Waals surface area contributed by atoms with Crippen molar-refractivity contribution in [3.63, 3.8) is 0 Å². The molecule has 158 valence electrons. The molecule has 0 fully saturated rings. The number of anilines is 1. The Morgan fingerprint density at radius 1 is 1.12 bits per heavy atom. The van der Waals surface area contributed by atoms with Crippen LogP contribution in [0.4, 0.5) is 5.69 Å². The third kappa shape index (κ3) is 3.41. The summed E-state index contributed by atoms with van der Waals surface area (Å²) >= 11 is 11.4. The van der Waals surface area contributed by atoms with E-state index in [0.717, 1.165) is 27.8 Å². The number of pyridine rings is 1. The van der Waals surface area contributed by atoms with Gasteiger partial charge in [0.05, 0.1) is 16.8 Å². The number of allylic oxidation sites excluding steroid dienone is 1. The molecule has 5 aromatic rings. The quantitative estimate of drug-likeness (QED) is 0.231. The summed E-state index contributed by atoms with van der Waals surface area (Å²) in [6.07, 6.45) is 1.74. The van der Waals surface area contributed by atoms with Gasteiger partial charge in [0.2, 0.25) is 11.5 Å². The highest BCUT2D eigenvalue weighted by Crippen LogP contribution is 2.41. The Balaban J connectivity index is 1.81. The molecule has 0 aliphatic rings. The molecular formula is C24H18ClN5OS. The van der Waals surface area contributed by atoms with Gasteiger partial charge in [0.15, 0.2) is 10.5 Å². The number of nitrogen functional groups attached to an aromatic ring is 1. The third-order valence-electron chi connectivity index (χ3n) is 5.20. The fraction of sp³-hybridized carbons (Fsp3) is 0.0417. The highest BCUT2D eigenvalue weighted by atomic mass is 35.5. The molecule has 0 unspecified atom stereocenters. The summed E-state index contributed by atoms with van der Waals surface area (Å²) in [5.41, 5.74) is 11.1. The van der Waals surface area contributed by atoms with Gasteiger partial charge in [-0.25, -0.2) is 4.98 Å². The van der Waals surface area contributed by atoms with E-state index in [1.54, 1.807) is 10.6 Å². The molecule has 0 saturated carbocycles. The molecule has 8 heteroatoms. The molecular weight excluding hydrogens is 442 g/mol. The normalized spacial score (nSPS) is 11.2. The lowest BCUT2D eigenvalue weighted by Gasteiger charge is -2.08. The third-order valence-corrected chi connectivity index (χ3v) is 5.76. The molecule has 0 amide bonds. The Labute approximate surface area is 194 Å². The number of nitrogens with two attached hydrogens (primary N) is 1. The lowest BCUT2D eigenvalue weighted by atomic mass is 9.99. The van der Waals surface area contributed by atoms with Crippen LogP contribution in [-0.2, 0) is 6.54 Å². The van der Waals surface area contributed by atoms with Gasteiger partial charge in [-0.05, 0) is 41.5 Å². The number of hydrogen-bond donors (Lipinski definition) is 2. The maximum atomic E-state index is 6.61. The topological polar surface area (TPSA) is 85.7 Å². The standard InChI is InChI=1S/C24H18ClN5OS/c1-2-12-30-22(28-29-24(30)32)21-20(26)19-17(14-6-4-3-5-7-14)13-18(27-23(19)31-21)15-8-10-16(25)11-9-15/h2-11,13H,1,12,26H2,(H,29,32). The molecule has 0 aliphatic carbocycles. The van der Waals surface area contributed by atoms with Crippen LogP contribution < -0.4 is 5.73 Å². The smallest absolute Gasteiger partial charge is 0.230 e. The van der Waals surface area contributed by atoms with E-state index in [1.807, 2.05) is 60.7 Å². The Morgan fingerprint density at radius 2 is 1.88 bits per heavy atom. The zero-order chi connectivity index (χ0) is 22.2. The molecule has 3 aromatic heterocycles. The van der Waals surface area contributed by atoms with Crippen LogP contribution in [0.5, 0.6) is 0 Å². The maximum absolute atomic E-state index is 6.61. The molecule has 0 saturated heterocycles. The zero-order valence-electron chi connectivity index (χ0n) is 16.9. The van der Waals surface area contributed by atoms with Crippen molar-refractivity contribution in [3.05, 3.63) is 83.1 Å². The van der Waals surface area contributed by atoms with Crippen LogP contribution in [0.1, 0.15) is 0 Å². The van der Waals surface area contributed by atoms with Crippen LogP contribution in [0, 0.1) is 4.77 Å². The number of benzene rings is 2. The number of rotatable bonds is 5. The molecule has 0 spiro atoms. The lowest BCUT2D eigenvalue weighted by Crippen LogP contribution is -1.99. The Bertz CT molecular complexity index is 1500. The van der Waals surface area contributed by atoms with Crippen molar-refractivity contribution in [3.8, 4) is 34.0 Å². The fourth-order valence-corrected chi connectivity index (χ4v) is 4.02. The summed E-state index contributed by atoms with van der Waals surface area (Å²) in [5.74, 6) is 0.907. The van der Waals surface area contributed by atoms with E-state index in [9.17, 15) is 0 Å². The SMILES string of the molecule is C=CCn1c(-c2oc3nc(-c4ccc(Cl)cc4)cc(-c4ccccc4)c3c2N)n[nH]c1=S. The van der Waals surface area contributed by atoms with Crippen LogP contribution in [0.25, 0.3) is 45.1 Å². The van der Waals surface area contributed by atoms with E-state index in [-0.39, 0.29) is 0 Å². The lowest BCUT2D eigenvalue weighted by molar-refractivity contribution is 0.607. The fourth-order valence-electron chi connectivity index (χ4n) is 3.69.